The van der Waals surface area contributed by atoms with E-state index >= 15 is 0 Å². The van der Waals surface area contributed by atoms with Gasteiger partial charge in [-0.1, -0.05) is 36.4 Å². The van der Waals surface area contributed by atoms with Gasteiger partial charge in [0.05, 0.1) is 12.2 Å². The largest absolute Gasteiger partial charge is 0.502 e. The van der Waals surface area contributed by atoms with Crippen LogP contribution in [0.3, 0.4) is 0 Å². The average molecular weight is 448 g/mol. The van der Waals surface area contributed by atoms with Crippen LogP contribution >= 0.6 is 0 Å². The molecule has 1 aliphatic heterocycles. The van der Waals surface area contributed by atoms with Crippen molar-refractivity contribution in [3.05, 3.63) is 93.8 Å². The van der Waals surface area contributed by atoms with Crippen molar-refractivity contribution in [1.29, 1.82) is 0 Å². The Morgan fingerprint density at radius 3 is 2.58 bits per heavy atom. The molecule has 0 aliphatic carbocycles. The van der Waals surface area contributed by atoms with Crippen LogP contribution in [-0.4, -0.2) is 34.0 Å². The van der Waals surface area contributed by atoms with E-state index in [2.05, 4.69) is 27.3 Å². The fourth-order valence-electron chi connectivity index (χ4n) is 4.49. The molecule has 3 aromatic rings. The normalized spacial score (nSPS) is 15.8. The summed E-state index contributed by atoms with van der Waals surface area (Å²) in [5, 5.41) is 13.5. The smallest absolute Gasteiger partial charge is 0.227 e. The van der Waals surface area contributed by atoms with Crippen LogP contribution in [0.5, 0.6) is 5.75 Å². The van der Waals surface area contributed by atoms with Gasteiger partial charge >= 0.3 is 0 Å². The lowest BCUT2D eigenvalue weighted by atomic mass is 9.72. The number of aromatic nitrogens is 1. The lowest BCUT2D eigenvalue weighted by molar-refractivity contribution is -0.123. The van der Waals surface area contributed by atoms with Crippen molar-refractivity contribution in [3.63, 3.8) is 0 Å². The highest BCUT2D eigenvalue weighted by molar-refractivity contribution is 5.77. The molecule has 3 heterocycles. The summed E-state index contributed by atoms with van der Waals surface area (Å²) < 4.78 is 5.89. The van der Waals surface area contributed by atoms with Gasteiger partial charge in [0.2, 0.25) is 17.1 Å². The van der Waals surface area contributed by atoms with E-state index in [9.17, 15) is 14.7 Å². The van der Waals surface area contributed by atoms with Crippen molar-refractivity contribution in [1.82, 2.24) is 15.2 Å². The van der Waals surface area contributed by atoms with Gasteiger partial charge in [0.25, 0.3) is 0 Å². The fourth-order valence-corrected chi connectivity index (χ4v) is 4.49. The standard InChI is InChI=1S/C26H29N3O4/c1-19-15-22(30)24(32)25(33-19)26(16-23(31)28-17-21-9-5-6-12-27-21)10-13-29(14-11-26)18-20-7-3-2-4-8-20/h2-9,12,15,32H,10-11,13-14,16-18H2,1H3,(H,28,31). The second-order valence-corrected chi connectivity index (χ2v) is 8.72. The Labute approximate surface area is 193 Å². The van der Waals surface area contributed by atoms with E-state index in [0.717, 1.165) is 25.3 Å². The summed E-state index contributed by atoms with van der Waals surface area (Å²) in [6.45, 7) is 4.26. The van der Waals surface area contributed by atoms with Gasteiger partial charge in [-0.3, -0.25) is 19.5 Å². The number of nitrogens with zero attached hydrogens (tertiary/aromatic N) is 2. The molecule has 1 fully saturated rings. The maximum absolute atomic E-state index is 13.0. The van der Waals surface area contributed by atoms with Gasteiger partial charge in [0.15, 0.2) is 5.76 Å². The minimum atomic E-state index is -0.753. The number of hydrogen-bond acceptors (Lipinski definition) is 6. The summed E-state index contributed by atoms with van der Waals surface area (Å²) >= 11 is 0. The first-order valence-corrected chi connectivity index (χ1v) is 11.2. The molecule has 0 atom stereocenters. The molecule has 1 aromatic carbocycles. The molecular weight excluding hydrogens is 418 g/mol. The fraction of sp³-hybridized carbons (Fsp3) is 0.346. The minimum Gasteiger partial charge on any atom is -0.502 e. The van der Waals surface area contributed by atoms with Crippen LogP contribution in [0.1, 0.15) is 42.0 Å². The van der Waals surface area contributed by atoms with E-state index in [-0.39, 0.29) is 18.1 Å². The topological polar surface area (TPSA) is 95.7 Å². The lowest BCUT2D eigenvalue weighted by Crippen LogP contribution is -2.45. The van der Waals surface area contributed by atoms with Crippen LogP contribution in [0.15, 0.2) is 70.0 Å². The number of benzene rings is 1. The van der Waals surface area contributed by atoms with E-state index in [1.54, 1.807) is 13.1 Å². The molecule has 33 heavy (non-hydrogen) atoms. The number of hydrogen-bond donors (Lipinski definition) is 2. The molecule has 0 radical (unpaired) electrons. The highest BCUT2D eigenvalue weighted by Gasteiger charge is 2.43. The molecule has 4 rings (SSSR count). The number of aryl methyl sites for hydroxylation is 1. The number of likely N-dealkylation sites (tertiary alicyclic amines) is 1. The van der Waals surface area contributed by atoms with Gasteiger partial charge in [0.1, 0.15) is 5.76 Å². The lowest BCUT2D eigenvalue weighted by Gasteiger charge is -2.41. The summed E-state index contributed by atoms with van der Waals surface area (Å²) in [5.74, 6) is 0.0861. The third-order valence-corrected chi connectivity index (χ3v) is 6.28. The quantitative estimate of drug-likeness (QED) is 0.577. The molecule has 1 saturated heterocycles. The summed E-state index contributed by atoms with van der Waals surface area (Å²) in [7, 11) is 0. The second-order valence-electron chi connectivity index (χ2n) is 8.72. The van der Waals surface area contributed by atoms with Crippen LogP contribution in [0.25, 0.3) is 0 Å². The monoisotopic (exact) mass is 447 g/mol. The molecule has 2 aromatic heterocycles. The van der Waals surface area contributed by atoms with E-state index in [1.807, 2.05) is 36.4 Å². The van der Waals surface area contributed by atoms with E-state index in [1.165, 1.54) is 11.6 Å². The molecule has 172 valence electrons. The summed E-state index contributed by atoms with van der Waals surface area (Å²) in [6, 6.07) is 17.1. The van der Waals surface area contributed by atoms with Gasteiger partial charge < -0.3 is 14.8 Å². The summed E-state index contributed by atoms with van der Waals surface area (Å²) in [5.41, 5.74) is 0.760. The van der Waals surface area contributed by atoms with Crippen molar-refractivity contribution in [3.8, 4) is 5.75 Å². The van der Waals surface area contributed by atoms with Crippen molar-refractivity contribution in [2.75, 3.05) is 13.1 Å². The molecule has 2 N–H and O–H groups in total. The van der Waals surface area contributed by atoms with E-state index < -0.39 is 16.6 Å². The highest BCUT2D eigenvalue weighted by atomic mass is 16.4. The highest BCUT2D eigenvalue weighted by Crippen LogP contribution is 2.42. The third-order valence-electron chi connectivity index (χ3n) is 6.28. The minimum absolute atomic E-state index is 0.124. The van der Waals surface area contributed by atoms with Crippen molar-refractivity contribution < 1.29 is 14.3 Å². The number of aromatic hydroxyl groups is 1. The Balaban J connectivity index is 1.53. The third kappa shape index (κ3) is 5.49. The first kappa shape index (κ1) is 22.7. The maximum atomic E-state index is 13.0. The molecule has 0 spiro atoms. The summed E-state index contributed by atoms with van der Waals surface area (Å²) in [6.07, 6.45) is 3.00. The molecular formula is C26H29N3O4. The number of carbonyl (C=O) groups is 1. The number of piperidine rings is 1. The molecule has 0 unspecified atom stereocenters. The number of pyridine rings is 1. The maximum Gasteiger partial charge on any atom is 0.227 e. The molecule has 1 amide bonds. The van der Waals surface area contributed by atoms with Gasteiger partial charge in [-0.05, 0) is 50.6 Å². The first-order chi connectivity index (χ1) is 15.9. The predicted octanol–water partition coefficient (Wildman–Crippen LogP) is 3.29. The molecule has 7 nitrogen and oxygen atoms in total. The van der Waals surface area contributed by atoms with Gasteiger partial charge in [-0.2, -0.15) is 0 Å². The number of nitrogens with one attached hydrogen (secondary N) is 1. The van der Waals surface area contributed by atoms with Gasteiger partial charge in [0, 0.05) is 30.6 Å². The van der Waals surface area contributed by atoms with Crippen molar-refractivity contribution in [2.24, 2.45) is 0 Å². The first-order valence-electron chi connectivity index (χ1n) is 11.2. The number of amides is 1. The van der Waals surface area contributed by atoms with E-state index in [0.29, 0.717) is 25.1 Å². The zero-order chi connectivity index (χ0) is 23.3. The zero-order valence-electron chi connectivity index (χ0n) is 18.8. The number of rotatable bonds is 7. The summed E-state index contributed by atoms with van der Waals surface area (Å²) in [4.78, 5) is 31.8. The van der Waals surface area contributed by atoms with E-state index in [4.69, 9.17) is 4.42 Å². The van der Waals surface area contributed by atoms with Gasteiger partial charge in [-0.15, -0.1) is 0 Å². The van der Waals surface area contributed by atoms with Crippen LogP contribution in [0.2, 0.25) is 0 Å². The molecule has 0 bridgehead atoms. The van der Waals surface area contributed by atoms with Crippen LogP contribution in [0, 0.1) is 6.92 Å². The number of carbonyl (C=O) groups excluding carboxylic acids is 1. The zero-order valence-corrected chi connectivity index (χ0v) is 18.8. The Bertz CT molecular complexity index is 1140. The average Bonchev–Trinajstić information content (AvgIpc) is 2.83. The Kier molecular flexibility index (Phi) is 6.89. The van der Waals surface area contributed by atoms with Crippen LogP contribution in [-0.2, 0) is 23.3 Å². The van der Waals surface area contributed by atoms with Crippen molar-refractivity contribution in [2.45, 2.75) is 44.7 Å². The van der Waals surface area contributed by atoms with Gasteiger partial charge in [-0.25, -0.2) is 0 Å². The van der Waals surface area contributed by atoms with Crippen LogP contribution in [0.4, 0.5) is 0 Å². The Morgan fingerprint density at radius 1 is 1.15 bits per heavy atom. The van der Waals surface area contributed by atoms with Crippen LogP contribution < -0.4 is 10.7 Å². The van der Waals surface area contributed by atoms with Crippen molar-refractivity contribution >= 4 is 5.91 Å². The predicted molar refractivity (Wildman–Crippen MR) is 125 cm³/mol. The second kappa shape index (κ2) is 10.0. The SMILES string of the molecule is Cc1cc(=O)c(O)c(C2(CC(=O)NCc3ccccn3)CCN(Cc3ccccc3)CC2)o1. The Hall–Kier alpha value is -3.45. The Morgan fingerprint density at radius 2 is 1.88 bits per heavy atom. The molecule has 1 aliphatic rings. The molecule has 7 heteroatoms. The molecule has 0 saturated carbocycles.